The van der Waals surface area contributed by atoms with Crippen LogP contribution < -0.4 is 0 Å². The number of amides is 1. The Balaban J connectivity index is 1.64. The summed E-state index contributed by atoms with van der Waals surface area (Å²) < 4.78 is 2.34. The molecule has 1 fully saturated rings. The van der Waals surface area contributed by atoms with Crippen LogP contribution in [0.4, 0.5) is 0 Å². The van der Waals surface area contributed by atoms with Crippen LogP contribution in [0.2, 0.25) is 0 Å². The van der Waals surface area contributed by atoms with Gasteiger partial charge in [0.25, 0.3) is 0 Å². The molecule has 0 radical (unpaired) electrons. The number of aryl methyl sites for hydroxylation is 1. The summed E-state index contributed by atoms with van der Waals surface area (Å²) in [6, 6.07) is 18.7. The second-order valence-electron chi connectivity index (χ2n) is 7.50. The highest BCUT2D eigenvalue weighted by molar-refractivity contribution is 5.81. The molecule has 0 aliphatic carbocycles. The molecular weight excluding hydrogens is 334 g/mol. The van der Waals surface area contributed by atoms with Crippen LogP contribution in [0.25, 0.3) is 11.0 Å². The van der Waals surface area contributed by atoms with E-state index in [1.165, 1.54) is 11.1 Å². The number of unbranched alkanes of at least 4 members (excludes halogenated alkanes) is 1. The molecule has 1 aromatic heterocycles. The SMILES string of the molecule is CCCCn1c(C2CC(=O)N(C(C)c3ccccc3)C2)nc2ccccc21. The molecule has 2 atom stereocenters. The molecule has 1 saturated heterocycles. The van der Waals surface area contributed by atoms with Gasteiger partial charge in [-0.2, -0.15) is 0 Å². The van der Waals surface area contributed by atoms with Crippen molar-refractivity contribution in [3.8, 4) is 0 Å². The van der Waals surface area contributed by atoms with Gasteiger partial charge in [0.1, 0.15) is 5.82 Å². The lowest BCUT2D eigenvalue weighted by molar-refractivity contribution is -0.129. The zero-order valence-electron chi connectivity index (χ0n) is 16.1. The number of imidazole rings is 1. The lowest BCUT2D eigenvalue weighted by Gasteiger charge is -2.25. The summed E-state index contributed by atoms with van der Waals surface area (Å²) in [5, 5.41) is 0. The van der Waals surface area contributed by atoms with E-state index in [9.17, 15) is 4.79 Å². The molecule has 0 N–H and O–H groups in total. The second kappa shape index (κ2) is 7.55. The number of hydrogen-bond acceptors (Lipinski definition) is 2. The largest absolute Gasteiger partial charge is 0.335 e. The van der Waals surface area contributed by atoms with Crippen molar-refractivity contribution in [1.29, 1.82) is 0 Å². The molecule has 0 saturated carbocycles. The maximum Gasteiger partial charge on any atom is 0.223 e. The molecule has 4 nitrogen and oxygen atoms in total. The van der Waals surface area contributed by atoms with Crippen LogP contribution in [0.3, 0.4) is 0 Å². The molecule has 4 rings (SSSR count). The Labute approximate surface area is 160 Å². The number of carbonyl (C=O) groups excluding carboxylic acids is 1. The maximum absolute atomic E-state index is 12.8. The van der Waals surface area contributed by atoms with Crippen molar-refractivity contribution in [2.24, 2.45) is 0 Å². The standard InChI is InChI=1S/C23H27N3O/c1-3-4-14-25-21-13-9-8-12-20(21)24-23(25)19-15-22(27)26(16-19)17(2)18-10-6-5-7-11-18/h5-13,17,19H,3-4,14-16H2,1-2H3. The van der Waals surface area contributed by atoms with E-state index in [1.54, 1.807) is 0 Å². The van der Waals surface area contributed by atoms with E-state index in [2.05, 4.69) is 48.7 Å². The third-order valence-electron chi connectivity index (χ3n) is 5.69. The van der Waals surface area contributed by atoms with E-state index in [4.69, 9.17) is 4.98 Å². The topological polar surface area (TPSA) is 38.1 Å². The molecule has 2 heterocycles. The molecule has 2 unspecified atom stereocenters. The van der Waals surface area contributed by atoms with Crippen molar-refractivity contribution in [3.63, 3.8) is 0 Å². The molecule has 140 valence electrons. The third kappa shape index (κ3) is 3.36. The van der Waals surface area contributed by atoms with Gasteiger partial charge in [-0.15, -0.1) is 0 Å². The van der Waals surface area contributed by atoms with E-state index in [-0.39, 0.29) is 17.9 Å². The summed E-state index contributed by atoms with van der Waals surface area (Å²) in [6.45, 7) is 6.03. The van der Waals surface area contributed by atoms with E-state index in [0.717, 1.165) is 37.3 Å². The highest BCUT2D eigenvalue weighted by Crippen LogP contribution is 2.35. The fourth-order valence-electron chi connectivity index (χ4n) is 4.15. The summed E-state index contributed by atoms with van der Waals surface area (Å²) >= 11 is 0. The van der Waals surface area contributed by atoms with E-state index in [1.807, 2.05) is 29.2 Å². The fraction of sp³-hybridized carbons (Fsp3) is 0.391. The predicted octanol–water partition coefficient (Wildman–Crippen LogP) is 4.91. The van der Waals surface area contributed by atoms with Gasteiger partial charge in [-0.25, -0.2) is 4.98 Å². The third-order valence-corrected chi connectivity index (χ3v) is 5.69. The van der Waals surface area contributed by atoms with Gasteiger partial charge in [0.15, 0.2) is 0 Å². The van der Waals surface area contributed by atoms with Crippen LogP contribution in [0.1, 0.15) is 56.5 Å². The number of likely N-dealkylation sites (tertiary alicyclic amines) is 1. The number of para-hydroxylation sites is 2. The highest BCUT2D eigenvalue weighted by Gasteiger charge is 2.36. The minimum absolute atomic E-state index is 0.0946. The molecule has 2 aromatic carbocycles. The summed E-state index contributed by atoms with van der Waals surface area (Å²) in [5.41, 5.74) is 3.40. The van der Waals surface area contributed by atoms with E-state index < -0.39 is 0 Å². The number of benzene rings is 2. The monoisotopic (exact) mass is 361 g/mol. The van der Waals surface area contributed by atoms with Gasteiger partial charge in [-0.1, -0.05) is 55.8 Å². The minimum Gasteiger partial charge on any atom is -0.335 e. The molecule has 3 aromatic rings. The number of carbonyl (C=O) groups is 1. The van der Waals surface area contributed by atoms with Gasteiger partial charge in [0.05, 0.1) is 17.1 Å². The molecule has 0 spiro atoms. The zero-order valence-corrected chi connectivity index (χ0v) is 16.1. The second-order valence-corrected chi connectivity index (χ2v) is 7.50. The van der Waals surface area contributed by atoms with Crippen molar-refractivity contribution in [2.45, 2.75) is 51.6 Å². The summed E-state index contributed by atoms with van der Waals surface area (Å²) in [7, 11) is 0. The minimum atomic E-state index is 0.0946. The molecule has 4 heteroatoms. The number of hydrogen-bond donors (Lipinski definition) is 0. The molecule has 1 amide bonds. The summed E-state index contributed by atoms with van der Waals surface area (Å²) in [5.74, 6) is 1.46. The fourth-order valence-corrected chi connectivity index (χ4v) is 4.15. The van der Waals surface area contributed by atoms with Crippen LogP contribution in [0.15, 0.2) is 54.6 Å². The maximum atomic E-state index is 12.8. The van der Waals surface area contributed by atoms with Gasteiger partial charge < -0.3 is 9.47 Å². The van der Waals surface area contributed by atoms with Crippen LogP contribution in [-0.4, -0.2) is 26.9 Å². The molecule has 1 aliphatic heterocycles. The van der Waals surface area contributed by atoms with Crippen molar-refractivity contribution in [2.75, 3.05) is 6.54 Å². The van der Waals surface area contributed by atoms with Gasteiger partial charge >= 0.3 is 0 Å². The van der Waals surface area contributed by atoms with Crippen LogP contribution in [0, 0.1) is 0 Å². The lowest BCUT2D eigenvalue weighted by atomic mass is 10.1. The molecular formula is C23H27N3O. The van der Waals surface area contributed by atoms with Gasteiger partial charge in [-0.05, 0) is 31.0 Å². The Hall–Kier alpha value is -2.62. The van der Waals surface area contributed by atoms with E-state index >= 15 is 0 Å². The van der Waals surface area contributed by atoms with E-state index in [0.29, 0.717) is 6.42 Å². The summed E-state index contributed by atoms with van der Waals surface area (Å²) in [4.78, 5) is 19.8. The van der Waals surface area contributed by atoms with Gasteiger partial charge in [0, 0.05) is 25.4 Å². The van der Waals surface area contributed by atoms with Crippen molar-refractivity contribution in [1.82, 2.24) is 14.5 Å². The Morgan fingerprint density at radius 2 is 1.85 bits per heavy atom. The molecule has 27 heavy (non-hydrogen) atoms. The molecule has 0 bridgehead atoms. The number of fused-ring (bicyclic) bond motifs is 1. The number of rotatable bonds is 6. The normalized spacial score (nSPS) is 18.4. The van der Waals surface area contributed by atoms with Crippen molar-refractivity contribution >= 4 is 16.9 Å². The average Bonchev–Trinajstić information content (AvgIpc) is 3.27. The number of aromatic nitrogens is 2. The van der Waals surface area contributed by atoms with Gasteiger partial charge in [-0.3, -0.25) is 4.79 Å². The Morgan fingerprint density at radius 3 is 2.63 bits per heavy atom. The Morgan fingerprint density at radius 1 is 1.11 bits per heavy atom. The Kier molecular flexibility index (Phi) is 4.97. The van der Waals surface area contributed by atoms with Gasteiger partial charge in [0.2, 0.25) is 5.91 Å². The van der Waals surface area contributed by atoms with Crippen molar-refractivity contribution < 1.29 is 4.79 Å². The Bertz CT molecular complexity index is 931. The van der Waals surface area contributed by atoms with Crippen LogP contribution in [0.5, 0.6) is 0 Å². The zero-order chi connectivity index (χ0) is 18.8. The average molecular weight is 361 g/mol. The lowest BCUT2D eigenvalue weighted by Crippen LogP contribution is -2.28. The number of nitrogens with zero attached hydrogens (tertiary/aromatic N) is 3. The van der Waals surface area contributed by atoms with Crippen LogP contribution in [-0.2, 0) is 11.3 Å². The smallest absolute Gasteiger partial charge is 0.223 e. The quantitative estimate of drug-likeness (QED) is 0.625. The summed E-state index contributed by atoms with van der Waals surface area (Å²) in [6.07, 6.45) is 2.82. The first kappa shape index (κ1) is 17.8. The van der Waals surface area contributed by atoms with Crippen LogP contribution >= 0.6 is 0 Å². The first-order chi connectivity index (χ1) is 13.2. The molecule has 1 aliphatic rings. The highest BCUT2D eigenvalue weighted by atomic mass is 16.2. The predicted molar refractivity (Wildman–Crippen MR) is 109 cm³/mol. The first-order valence-electron chi connectivity index (χ1n) is 9.98. The van der Waals surface area contributed by atoms with Crippen molar-refractivity contribution in [3.05, 3.63) is 66.0 Å². The first-order valence-corrected chi connectivity index (χ1v) is 9.98.